The minimum Gasteiger partial charge on any atom is -0.497 e. The molecule has 0 saturated heterocycles. The third-order valence-corrected chi connectivity index (χ3v) is 8.32. The van der Waals surface area contributed by atoms with E-state index in [1.54, 1.807) is 69.5 Å². The van der Waals surface area contributed by atoms with Crippen LogP contribution in [-0.4, -0.2) is 36.8 Å². The van der Waals surface area contributed by atoms with Crippen molar-refractivity contribution in [3.8, 4) is 17.1 Å². The van der Waals surface area contributed by atoms with Crippen molar-refractivity contribution in [1.29, 1.82) is 0 Å². The number of rotatable bonds is 9. The van der Waals surface area contributed by atoms with Gasteiger partial charge >= 0.3 is 11.9 Å². The molecule has 1 aliphatic rings. The Balaban J connectivity index is 1.51. The fraction of sp³-hybridized carbons (Fsp3) is 0.167. The average molecular weight is 635 g/mol. The van der Waals surface area contributed by atoms with E-state index in [4.69, 9.17) is 23.6 Å². The van der Waals surface area contributed by atoms with Gasteiger partial charge < -0.3 is 18.6 Å². The van der Waals surface area contributed by atoms with E-state index in [1.807, 2.05) is 48.5 Å². The van der Waals surface area contributed by atoms with Gasteiger partial charge in [0, 0.05) is 17.2 Å². The summed E-state index contributed by atoms with van der Waals surface area (Å²) in [7, 11) is 1.56. The van der Waals surface area contributed by atoms with Crippen LogP contribution in [0.15, 0.2) is 111 Å². The van der Waals surface area contributed by atoms with E-state index in [2.05, 4.69) is 0 Å². The summed E-state index contributed by atoms with van der Waals surface area (Å²) in [5.41, 5.74) is 2.83. The number of hydrogen-bond donors (Lipinski definition) is 0. The number of thiazole rings is 1. The molecule has 0 radical (unpaired) electrons. The van der Waals surface area contributed by atoms with Crippen molar-refractivity contribution in [1.82, 2.24) is 4.57 Å². The molecule has 1 atom stereocenters. The number of esters is 2. The van der Waals surface area contributed by atoms with Crippen molar-refractivity contribution in [3.05, 3.63) is 139 Å². The number of hydrogen-bond acceptors (Lipinski definition) is 9. The topological polar surface area (TPSA) is 109 Å². The van der Waals surface area contributed by atoms with Gasteiger partial charge in [-0.3, -0.25) is 9.36 Å². The Morgan fingerprint density at radius 1 is 0.891 bits per heavy atom. The number of carbonyl (C=O) groups excluding carboxylic acids is 2. The van der Waals surface area contributed by atoms with E-state index in [0.29, 0.717) is 49.0 Å². The zero-order chi connectivity index (χ0) is 32.2. The number of ether oxygens (including phenoxy) is 3. The van der Waals surface area contributed by atoms with Gasteiger partial charge in [-0.15, -0.1) is 0 Å². The Kier molecular flexibility index (Phi) is 8.80. The zero-order valence-electron chi connectivity index (χ0n) is 25.4. The molecule has 46 heavy (non-hydrogen) atoms. The molecule has 1 unspecified atom stereocenters. The van der Waals surface area contributed by atoms with E-state index >= 15 is 0 Å². The number of benzene rings is 3. The zero-order valence-corrected chi connectivity index (χ0v) is 26.2. The monoisotopic (exact) mass is 634 g/mol. The van der Waals surface area contributed by atoms with Gasteiger partial charge in [0.25, 0.3) is 5.56 Å². The van der Waals surface area contributed by atoms with Crippen molar-refractivity contribution in [2.45, 2.75) is 19.9 Å². The summed E-state index contributed by atoms with van der Waals surface area (Å²) in [5, 5.41) is 0. The molecule has 2 aromatic heterocycles. The van der Waals surface area contributed by atoms with Crippen LogP contribution in [0.4, 0.5) is 0 Å². The summed E-state index contributed by atoms with van der Waals surface area (Å²) in [5.74, 6) is 0.562. The molecule has 1 aliphatic heterocycles. The van der Waals surface area contributed by atoms with E-state index < -0.39 is 18.0 Å². The fourth-order valence-electron chi connectivity index (χ4n) is 5.30. The minimum absolute atomic E-state index is 0.156. The van der Waals surface area contributed by atoms with Crippen LogP contribution in [0.25, 0.3) is 23.1 Å². The van der Waals surface area contributed by atoms with Crippen LogP contribution in [-0.2, 0) is 14.3 Å². The average Bonchev–Trinajstić information content (AvgIpc) is 3.68. The van der Waals surface area contributed by atoms with Crippen molar-refractivity contribution in [2.75, 3.05) is 20.3 Å². The smallest absolute Gasteiger partial charge is 0.338 e. The van der Waals surface area contributed by atoms with E-state index in [0.717, 1.165) is 5.56 Å². The number of nitrogens with zero attached hydrogens (tertiary/aromatic N) is 2. The van der Waals surface area contributed by atoms with Gasteiger partial charge in [0.2, 0.25) is 0 Å². The number of carbonyl (C=O) groups is 2. The first-order chi connectivity index (χ1) is 22.4. The molecule has 0 bridgehead atoms. The van der Waals surface area contributed by atoms with Crippen LogP contribution in [0.1, 0.15) is 47.1 Å². The van der Waals surface area contributed by atoms with Crippen molar-refractivity contribution < 1.29 is 28.2 Å². The van der Waals surface area contributed by atoms with Gasteiger partial charge in [0.05, 0.1) is 47.7 Å². The molecule has 0 N–H and O–H groups in total. The molecule has 9 nitrogen and oxygen atoms in total. The van der Waals surface area contributed by atoms with Crippen LogP contribution in [0.2, 0.25) is 0 Å². The summed E-state index contributed by atoms with van der Waals surface area (Å²) in [4.78, 5) is 45.3. The largest absolute Gasteiger partial charge is 0.497 e. The van der Waals surface area contributed by atoms with Gasteiger partial charge in [-0.25, -0.2) is 14.6 Å². The van der Waals surface area contributed by atoms with Gasteiger partial charge in [-0.1, -0.05) is 65.9 Å². The molecule has 5 aromatic rings. The summed E-state index contributed by atoms with van der Waals surface area (Å²) in [6.45, 7) is 3.92. The first kappa shape index (κ1) is 30.5. The molecular weight excluding hydrogens is 604 g/mol. The third kappa shape index (κ3) is 5.94. The van der Waals surface area contributed by atoms with Gasteiger partial charge in [0.15, 0.2) is 4.80 Å². The Morgan fingerprint density at radius 3 is 2.39 bits per heavy atom. The Morgan fingerprint density at radius 2 is 1.63 bits per heavy atom. The number of fused-ring (bicyclic) bond motifs is 1. The van der Waals surface area contributed by atoms with E-state index in [9.17, 15) is 14.4 Å². The molecule has 0 amide bonds. The Bertz CT molecular complexity index is 2140. The van der Waals surface area contributed by atoms with Gasteiger partial charge in [-0.2, -0.15) is 0 Å². The molecular formula is C36H30N2O7S. The van der Waals surface area contributed by atoms with Gasteiger partial charge in [-0.05, 0) is 55.8 Å². The minimum atomic E-state index is -0.833. The molecule has 0 spiro atoms. The summed E-state index contributed by atoms with van der Waals surface area (Å²) in [6, 6.07) is 26.3. The fourth-order valence-corrected chi connectivity index (χ4v) is 6.28. The number of methoxy groups -OCH3 is 1. The highest BCUT2D eigenvalue weighted by atomic mass is 32.1. The standard InChI is InChI=1S/C36H30N2O7S/c1-4-43-34(40)25-15-9-13-23(19-25)28-18-17-27(45-28)21-29-33(39)38-32(24-14-10-16-26(20-24)42-3)30(35(41)44-5-2)31(37-36(38)46-29)22-11-7-6-8-12-22/h6-21,32H,4-5H2,1-3H3/b29-21-. The number of furan rings is 1. The van der Waals surface area contributed by atoms with E-state index in [1.165, 1.54) is 15.9 Å². The second-order valence-electron chi connectivity index (χ2n) is 10.2. The van der Waals surface area contributed by atoms with Crippen molar-refractivity contribution in [2.24, 2.45) is 4.99 Å². The lowest BCUT2D eigenvalue weighted by Crippen LogP contribution is -2.40. The molecule has 0 saturated carbocycles. The lowest BCUT2D eigenvalue weighted by Gasteiger charge is -2.26. The number of aromatic nitrogens is 1. The maximum atomic E-state index is 14.2. The first-order valence-corrected chi connectivity index (χ1v) is 15.5. The quantitative estimate of drug-likeness (QED) is 0.200. The van der Waals surface area contributed by atoms with Crippen LogP contribution < -0.4 is 19.6 Å². The van der Waals surface area contributed by atoms with Crippen LogP contribution in [0.3, 0.4) is 0 Å². The first-order valence-electron chi connectivity index (χ1n) is 14.7. The molecule has 3 heterocycles. The molecule has 6 rings (SSSR count). The maximum Gasteiger partial charge on any atom is 0.338 e. The van der Waals surface area contributed by atoms with Crippen LogP contribution >= 0.6 is 11.3 Å². The highest BCUT2D eigenvalue weighted by Crippen LogP contribution is 2.36. The molecule has 10 heteroatoms. The summed E-state index contributed by atoms with van der Waals surface area (Å²) in [6.07, 6.45) is 1.65. The van der Waals surface area contributed by atoms with Crippen LogP contribution in [0, 0.1) is 0 Å². The second-order valence-corrected chi connectivity index (χ2v) is 11.2. The summed E-state index contributed by atoms with van der Waals surface area (Å²) < 4.78 is 24.1. The summed E-state index contributed by atoms with van der Waals surface area (Å²) >= 11 is 1.20. The molecule has 0 fully saturated rings. The molecule has 0 aliphatic carbocycles. The third-order valence-electron chi connectivity index (χ3n) is 7.34. The predicted octanol–water partition coefficient (Wildman–Crippen LogP) is 5.38. The SMILES string of the molecule is CCOC(=O)C1=C(c2ccccc2)N=c2s/c(=C\c3ccc(-c4cccc(C(=O)OCC)c4)o3)c(=O)n2C1c1cccc(OC)c1. The molecule has 232 valence electrons. The lowest BCUT2D eigenvalue weighted by atomic mass is 9.93. The van der Waals surface area contributed by atoms with Gasteiger partial charge in [0.1, 0.15) is 17.3 Å². The highest BCUT2D eigenvalue weighted by Gasteiger charge is 2.35. The van der Waals surface area contributed by atoms with Crippen molar-refractivity contribution >= 4 is 35.0 Å². The Labute approximate surface area is 268 Å². The Hall–Kier alpha value is -5.48. The highest BCUT2D eigenvalue weighted by molar-refractivity contribution is 7.07. The molecule has 3 aromatic carbocycles. The second kappa shape index (κ2) is 13.3. The van der Waals surface area contributed by atoms with E-state index in [-0.39, 0.29) is 24.3 Å². The maximum absolute atomic E-state index is 14.2. The lowest BCUT2D eigenvalue weighted by molar-refractivity contribution is -0.138. The van der Waals surface area contributed by atoms with Crippen molar-refractivity contribution in [3.63, 3.8) is 0 Å². The predicted molar refractivity (Wildman–Crippen MR) is 174 cm³/mol. The van der Waals surface area contributed by atoms with Crippen LogP contribution in [0.5, 0.6) is 5.75 Å². The normalized spacial score (nSPS) is 14.4.